The van der Waals surface area contributed by atoms with Gasteiger partial charge in [-0.1, -0.05) is 23.7 Å². The topological polar surface area (TPSA) is 143 Å². The van der Waals surface area contributed by atoms with Gasteiger partial charge in [0.1, 0.15) is 35.1 Å². The lowest BCUT2D eigenvalue weighted by Gasteiger charge is -2.16. The highest BCUT2D eigenvalue weighted by atomic mass is 35.5. The number of rotatable bonds is 6. The third-order valence-electron chi connectivity index (χ3n) is 4.17. The van der Waals surface area contributed by atoms with Gasteiger partial charge in [0.2, 0.25) is 0 Å². The Labute approximate surface area is 173 Å². The molecule has 8 nitrogen and oxygen atoms in total. The van der Waals surface area contributed by atoms with E-state index in [1.807, 2.05) is 4.98 Å². The zero-order valence-electron chi connectivity index (χ0n) is 15.1. The van der Waals surface area contributed by atoms with Gasteiger partial charge in [0, 0.05) is 16.1 Å². The highest BCUT2D eigenvalue weighted by molar-refractivity contribution is 6.31. The second-order valence-electron chi connectivity index (χ2n) is 6.16. The molecule has 1 heterocycles. The summed E-state index contributed by atoms with van der Waals surface area (Å²) in [5.41, 5.74) is 3.07. The fourth-order valence-electron chi connectivity index (χ4n) is 2.93. The number of aromatic amines is 1. The van der Waals surface area contributed by atoms with Crippen LogP contribution in [-0.2, 0) is 6.61 Å². The summed E-state index contributed by atoms with van der Waals surface area (Å²) < 4.78 is 19.1. The van der Waals surface area contributed by atoms with Gasteiger partial charge in [0.05, 0.1) is 0 Å². The number of nitrogens with one attached hydrogen (secondary N) is 1. The quantitative estimate of drug-likeness (QED) is 0.467. The second-order valence-corrected chi connectivity index (χ2v) is 6.60. The lowest BCUT2D eigenvalue weighted by atomic mass is 9.94. The summed E-state index contributed by atoms with van der Waals surface area (Å²) in [5.74, 6) is -4.19. The van der Waals surface area contributed by atoms with Crippen molar-refractivity contribution in [3.05, 3.63) is 80.3 Å². The molecule has 0 saturated carbocycles. The Morgan fingerprint density at radius 2 is 1.80 bits per heavy atom. The lowest BCUT2D eigenvalue weighted by molar-refractivity contribution is 0.0695. The number of anilines is 1. The molecule has 0 saturated heterocycles. The number of carbonyl (C=O) groups is 2. The van der Waals surface area contributed by atoms with Crippen LogP contribution < -0.4 is 16.0 Å². The monoisotopic (exact) mass is 432 g/mol. The molecule has 10 heteroatoms. The van der Waals surface area contributed by atoms with Crippen molar-refractivity contribution in [2.75, 3.05) is 5.73 Å². The average molecular weight is 433 g/mol. The number of aromatic nitrogens is 1. The Bertz CT molecular complexity index is 1220. The first-order valence-corrected chi connectivity index (χ1v) is 8.76. The standard InChI is InChI=1S/C20H14ClFN2O6/c21-10-4-5-13(30-8-9-2-1-3-11(22)6-9)12(7-10)14-15(19(26)27)17(23)24-18(25)16(14)20(28)29/h1-7H,8H2,(H,26,27)(H,28,29)(H3,23,24,25). The zero-order valence-corrected chi connectivity index (χ0v) is 15.9. The first-order valence-electron chi connectivity index (χ1n) is 8.38. The minimum atomic E-state index is -1.66. The number of halogens is 2. The van der Waals surface area contributed by atoms with E-state index >= 15 is 0 Å². The highest BCUT2D eigenvalue weighted by Gasteiger charge is 2.28. The maximum absolute atomic E-state index is 13.4. The third-order valence-corrected chi connectivity index (χ3v) is 4.40. The number of hydrogen-bond donors (Lipinski definition) is 4. The molecule has 0 bridgehead atoms. The maximum Gasteiger partial charge on any atom is 0.342 e. The van der Waals surface area contributed by atoms with E-state index < -0.39 is 45.8 Å². The molecule has 0 aliphatic heterocycles. The summed E-state index contributed by atoms with van der Waals surface area (Å²) in [4.78, 5) is 37.8. The summed E-state index contributed by atoms with van der Waals surface area (Å²) in [6.45, 7) is -0.115. The van der Waals surface area contributed by atoms with Gasteiger partial charge in [-0.25, -0.2) is 14.0 Å². The van der Waals surface area contributed by atoms with E-state index in [-0.39, 0.29) is 22.9 Å². The van der Waals surface area contributed by atoms with Crippen LogP contribution in [0.1, 0.15) is 26.3 Å². The van der Waals surface area contributed by atoms with Gasteiger partial charge in [-0.3, -0.25) is 4.79 Å². The molecule has 0 aliphatic carbocycles. The Morgan fingerprint density at radius 3 is 2.43 bits per heavy atom. The van der Waals surface area contributed by atoms with E-state index in [9.17, 15) is 29.0 Å². The summed E-state index contributed by atoms with van der Waals surface area (Å²) in [5, 5.41) is 19.3. The van der Waals surface area contributed by atoms with E-state index in [4.69, 9.17) is 22.1 Å². The Morgan fingerprint density at radius 1 is 1.10 bits per heavy atom. The molecule has 0 amide bonds. The molecule has 3 rings (SSSR count). The SMILES string of the molecule is Nc1[nH]c(=O)c(C(=O)O)c(-c2cc(Cl)ccc2OCc2cccc(F)c2)c1C(=O)O. The van der Waals surface area contributed by atoms with E-state index in [2.05, 4.69) is 0 Å². The molecule has 0 unspecified atom stereocenters. The number of nitrogen functional groups attached to an aromatic ring is 1. The average Bonchev–Trinajstić information content (AvgIpc) is 2.65. The number of H-pyrrole nitrogens is 1. The maximum atomic E-state index is 13.4. The van der Waals surface area contributed by atoms with Gasteiger partial charge in [-0.2, -0.15) is 0 Å². The number of hydrogen-bond acceptors (Lipinski definition) is 5. The van der Waals surface area contributed by atoms with Crippen LogP contribution in [0, 0.1) is 5.82 Å². The first-order chi connectivity index (χ1) is 14.2. The highest BCUT2D eigenvalue weighted by Crippen LogP contribution is 2.38. The fourth-order valence-corrected chi connectivity index (χ4v) is 3.10. The summed E-state index contributed by atoms with van der Waals surface area (Å²) in [6.07, 6.45) is 0. The van der Waals surface area contributed by atoms with Gasteiger partial charge < -0.3 is 25.7 Å². The van der Waals surface area contributed by atoms with Crippen LogP contribution in [0.3, 0.4) is 0 Å². The van der Waals surface area contributed by atoms with Gasteiger partial charge in [0.15, 0.2) is 0 Å². The molecule has 5 N–H and O–H groups in total. The molecule has 30 heavy (non-hydrogen) atoms. The molecule has 1 aromatic heterocycles. The predicted octanol–water partition coefficient (Wildman–Crippen LogP) is 3.39. The van der Waals surface area contributed by atoms with Crippen molar-refractivity contribution in [3.8, 4) is 16.9 Å². The van der Waals surface area contributed by atoms with Gasteiger partial charge >= 0.3 is 11.9 Å². The van der Waals surface area contributed by atoms with Crippen molar-refractivity contribution >= 4 is 29.4 Å². The Kier molecular flexibility index (Phi) is 5.74. The van der Waals surface area contributed by atoms with Crippen LogP contribution in [0.4, 0.5) is 10.2 Å². The van der Waals surface area contributed by atoms with Gasteiger partial charge in [0.25, 0.3) is 5.56 Å². The Hall–Kier alpha value is -3.85. The van der Waals surface area contributed by atoms with E-state index in [1.54, 1.807) is 6.07 Å². The number of carboxylic acids is 2. The molecule has 0 radical (unpaired) electrons. The minimum Gasteiger partial charge on any atom is -0.488 e. The molecule has 0 aliphatic rings. The molecule has 154 valence electrons. The van der Waals surface area contributed by atoms with Crippen LogP contribution in [0.15, 0.2) is 47.3 Å². The number of pyridine rings is 1. The van der Waals surface area contributed by atoms with Crippen LogP contribution >= 0.6 is 11.6 Å². The second kappa shape index (κ2) is 8.26. The van der Waals surface area contributed by atoms with Crippen LogP contribution in [0.25, 0.3) is 11.1 Å². The van der Waals surface area contributed by atoms with Gasteiger partial charge in [-0.15, -0.1) is 0 Å². The number of aromatic carboxylic acids is 2. The van der Waals surface area contributed by atoms with E-state index in [0.717, 1.165) is 0 Å². The van der Waals surface area contributed by atoms with Crippen LogP contribution in [0.5, 0.6) is 5.75 Å². The number of carboxylic acid groups (broad SMARTS) is 2. The van der Waals surface area contributed by atoms with Crippen molar-refractivity contribution in [2.24, 2.45) is 0 Å². The largest absolute Gasteiger partial charge is 0.488 e. The predicted molar refractivity (Wildman–Crippen MR) is 107 cm³/mol. The molecular formula is C20H14ClFN2O6. The third kappa shape index (κ3) is 4.11. The number of nitrogens with two attached hydrogens (primary N) is 1. The van der Waals surface area contributed by atoms with E-state index in [0.29, 0.717) is 5.56 Å². The van der Waals surface area contributed by atoms with Crippen molar-refractivity contribution in [1.29, 1.82) is 0 Å². The molecule has 3 aromatic rings. The first kappa shape index (κ1) is 20.9. The molecular weight excluding hydrogens is 419 g/mol. The lowest BCUT2D eigenvalue weighted by Crippen LogP contribution is -2.24. The van der Waals surface area contributed by atoms with Crippen LogP contribution in [0.2, 0.25) is 5.02 Å². The fraction of sp³-hybridized carbons (Fsp3) is 0.0500. The molecule has 0 atom stereocenters. The molecule has 0 spiro atoms. The summed E-state index contributed by atoms with van der Waals surface area (Å²) in [6, 6.07) is 9.67. The molecule has 0 fully saturated rings. The minimum absolute atomic E-state index is 0.0265. The smallest absolute Gasteiger partial charge is 0.342 e. The normalized spacial score (nSPS) is 10.6. The van der Waals surface area contributed by atoms with Crippen molar-refractivity contribution < 1.29 is 28.9 Å². The van der Waals surface area contributed by atoms with Crippen molar-refractivity contribution in [1.82, 2.24) is 4.98 Å². The summed E-state index contributed by atoms with van der Waals surface area (Å²) >= 11 is 6.03. The van der Waals surface area contributed by atoms with Gasteiger partial charge in [-0.05, 0) is 35.9 Å². The van der Waals surface area contributed by atoms with Crippen molar-refractivity contribution in [2.45, 2.75) is 6.61 Å². The van der Waals surface area contributed by atoms with Crippen molar-refractivity contribution in [3.63, 3.8) is 0 Å². The zero-order chi connectivity index (χ0) is 22.0. The summed E-state index contributed by atoms with van der Waals surface area (Å²) in [7, 11) is 0. The van der Waals surface area contributed by atoms with E-state index in [1.165, 1.54) is 36.4 Å². The molecule has 2 aromatic carbocycles. The number of ether oxygens (including phenoxy) is 1. The number of benzene rings is 2. The van der Waals surface area contributed by atoms with Crippen LogP contribution in [-0.4, -0.2) is 27.1 Å². The Balaban J connectivity index is 2.23.